The summed E-state index contributed by atoms with van der Waals surface area (Å²) in [5.74, 6) is -0.697. The molecule has 6 heteroatoms. The second kappa shape index (κ2) is 4.25. The quantitative estimate of drug-likeness (QED) is 0.586. The topological polar surface area (TPSA) is 103 Å². The summed E-state index contributed by atoms with van der Waals surface area (Å²) in [6, 6.07) is 3.93. The first-order chi connectivity index (χ1) is 8.55. The van der Waals surface area contributed by atoms with Gasteiger partial charge in [-0.15, -0.1) is 0 Å². The van der Waals surface area contributed by atoms with E-state index in [0.717, 1.165) is 0 Å². The maximum Gasteiger partial charge on any atom is 0.206 e. The zero-order valence-corrected chi connectivity index (χ0v) is 10.1. The molecule has 2 rings (SSSR count). The Morgan fingerprint density at radius 3 is 1.94 bits per heavy atom. The Kier molecular flexibility index (Phi) is 2.90. The number of aliphatic hydroxyl groups excluding tert-OH is 2. The smallest absolute Gasteiger partial charge is 0.206 e. The third-order valence-electron chi connectivity index (χ3n) is 3.73. The van der Waals surface area contributed by atoms with E-state index in [2.05, 4.69) is 10.2 Å². The van der Waals surface area contributed by atoms with E-state index in [4.69, 9.17) is 0 Å². The summed E-state index contributed by atoms with van der Waals surface area (Å²) in [7, 11) is 1.96. The minimum absolute atomic E-state index is 0.143. The highest BCUT2D eigenvalue weighted by molar-refractivity contribution is 5.50. The molecule has 0 aromatic heterocycles. The molecule has 1 saturated heterocycles. The van der Waals surface area contributed by atoms with Gasteiger partial charge in [0, 0.05) is 0 Å². The van der Waals surface area contributed by atoms with E-state index in [9.17, 15) is 20.7 Å². The van der Waals surface area contributed by atoms with Crippen molar-refractivity contribution in [2.24, 2.45) is 5.41 Å². The maximum atomic E-state index is 9.76. The Morgan fingerprint density at radius 1 is 1.11 bits per heavy atom. The molecule has 2 aliphatic heterocycles. The average Bonchev–Trinajstić information content (AvgIpc) is 2.33. The molecule has 94 valence electrons. The van der Waals surface area contributed by atoms with Crippen LogP contribution in [0.15, 0.2) is 22.9 Å². The molecule has 0 saturated carbocycles. The molecule has 18 heavy (non-hydrogen) atoms. The molecule has 3 N–H and O–H groups in total. The van der Waals surface area contributed by atoms with E-state index in [1.807, 2.05) is 19.2 Å². The number of allylic oxidation sites excluding steroid dienone is 2. The first-order valence-electron chi connectivity index (χ1n) is 5.68. The van der Waals surface area contributed by atoms with E-state index in [1.165, 1.54) is 0 Å². The third kappa shape index (κ3) is 1.59. The molecule has 0 atom stereocenters. The van der Waals surface area contributed by atoms with Crippen molar-refractivity contribution in [3.8, 4) is 12.1 Å². The van der Waals surface area contributed by atoms with Gasteiger partial charge in [-0.25, -0.2) is 0 Å². The lowest BCUT2D eigenvalue weighted by Gasteiger charge is -2.41. The zero-order valence-electron chi connectivity index (χ0n) is 10.1. The Labute approximate surface area is 105 Å². The van der Waals surface area contributed by atoms with Crippen LogP contribution in [0.3, 0.4) is 0 Å². The molecule has 0 aromatic carbocycles. The van der Waals surface area contributed by atoms with Gasteiger partial charge in [-0.3, -0.25) is 5.32 Å². The van der Waals surface area contributed by atoms with Crippen LogP contribution in [-0.4, -0.2) is 35.3 Å². The van der Waals surface area contributed by atoms with Gasteiger partial charge in [0.15, 0.2) is 0 Å². The minimum atomic E-state index is -0.852. The van der Waals surface area contributed by atoms with Crippen LogP contribution in [0.2, 0.25) is 0 Å². The largest absolute Gasteiger partial charge is 0.494 e. The predicted molar refractivity (Wildman–Crippen MR) is 62.8 cm³/mol. The molecular weight excluding hydrogens is 232 g/mol. The van der Waals surface area contributed by atoms with Crippen molar-refractivity contribution in [3.63, 3.8) is 0 Å². The fraction of sp³-hybridized carbons (Fsp3) is 0.500. The van der Waals surface area contributed by atoms with Gasteiger partial charge in [0.05, 0.1) is 5.41 Å². The standard InChI is InChI=1S/C12H14N4O2/c1-16-4-2-12(3-5-16)8(6-13)10(17)15-11(18)9(12)7-14/h15,17-18H,2-5H2,1H3. The van der Waals surface area contributed by atoms with Crippen molar-refractivity contribution in [3.05, 3.63) is 22.9 Å². The van der Waals surface area contributed by atoms with Crippen LogP contribution in [0.4, 0.5) is 0 Å². The first kappa shape index (κ1) is 12.3. The number of dihydropyridines is 1. The average molecular weight is 246 g/mol. The van der Waals surface area contributed by atoms with Crippen molar-refractivity contribution < 1.29 is 10.2 Å². The van der Waals surface area contributed by atoms with Crippen LogP contribution in [0, 0.1) is 28.1 Å². The zero-order chi connectivity index (χ0) is 13.3. The normalized spacial score (nSPS) is 23.5. The van der Waals surface area contributed by atoms with Crippen LogP contribution in [0.1, 0.15) is 12.8 Å². The second-order valence-electron chi connectivity index (χ2n) is 4.68. The third-order valence-corrected chi connectivity index (χ3v) is 3.73. The number of piperidine rings is 1. The molecule has 1 spiro atoms. The second-order valence-corrected chi connectivity index (χ2v) is 4.68. The fourth-order valence-electron chi connectivity index (χ4n) is 2.64. The van der Waals surface area contributed by atoms with Gasteiger partial charge in [-0.05, 0) is 33.0 Å². The molecule has 0 bridgehead atoms. The van der Waals surface area contributed by atoms with Crippen molar-refractivity contribution in [1.29, 1.82) is 10.5 Å². The van der Waals surface area contributed by atoms with E-state index in [-0.39, 0.29) is 22.9 Å². The summed E-state index contributed by atoms with van der Waals surface area (Å²) in [6.45, 7) is 1.41. The van der Waals surface area contributed by atoms with Crippen LogP contribution in [0.25, 0.3) is 0 Å². The Bertz CT molecular complexity index is 475. The summed E-state index contributed by atoms with van der Waals surface area (Å²) in [5, 5.41) is 40.2. The molecule has 2 aliphatic rings. The Morgan fingerprint density at radius 2 is 1.56 bits per heavy atom. The predicted octanol–water partition coefficient (Wildman–Crippen LogP) is 0.888. The lowest BCUT2D eigenvalue weighted by atomic mass is 9.67. The van der Waals surface area contributed by atoms with E-state index < -0.39 is 5.41 Å². The Hall–Kier alpha value is -2.18. The summed E-state index contributed by atoms with van der Waals surface area (Å²) < 4.78 is 0. The summed E-state index contributed by atoms with van der Waals surface area (Å²) in [4.78, 5) is 2.09. The lowest BCUT2D eigenvalue weighted by Crippen LogP contribution is -2.44. The van der Waals surface area contributed by atoms with Crippen molar-refractivity contribution in [2.75, 3.05) is 20.1 Å². The fourth-order valence-corrected chi connectivity index (χ4v) is 2.64. The number of hydrogen-bond donors (Lipinski definition) is 3. The van der Waals surface area contributed by atoms with Gasteiger partial charge >= 0.3 is 0 Å². The van der Waals surface area contributed by atoms with Gasteiger partial charge < -0.3 is 15.1 Å². The van der Waals surface area contributed by atoms with Gasteiger partial charge in [0.25, 0.3) is 0 Å². The molecule has 0 unspecified atom stereocenters. The number of aliphatic hydroxyl groups is 2. The number of nitriles is 2. The first-order valence-corrected chi connectivity index (χ1v) is 5.68. The monoisotopic (exact) mass is 246 g/mol. The summed E-state index contributed by atoms with van der Waals surface area (Å²) >= 11 is 0. The van der Waals surface area contributed by atoms with Crippen LogP contribution >= 0.6 is 0 Å². The van der Waals surface area contributed by atoms with Crippen molar-refractivity contribution >= 4 is 0 Å². The van der Waals surface area contributed by atoms with Gasteiger partial charge in [-0.2, -0.15) is 10.5 Å². The Balaban J connectivity index is 2.54. The summed E-state index contributed by atoms with van der Waals surface area (Å²) in [5.41, 5.74) is -0.565. The molecule has 0 aromatic rings. The highest BCUT2D eigenvalue weighted by Crippen LogP contribution is 2.47. The van der Waals surface area contributed by atoms with Gasteiger partial charge in [0.1, 0.15) is 23.3 Å². The highest BCUT2D eigenvalue weighted by Gasteiger charge is 2.47. The van der Waals surface area contributed by atoms with E-state index >= 15 is 0 Å². The number of nitrogens with one attached hydrogen (secondary N) is 1. The van der Waals surface area contributed by atoms with E-state index in [0.29, 0.717) is 25.9 Å². The molecule has 0 amide bonds. The molecule has 0 radical (unpaired) electrons. The molecule has 6 nitrogen and oxygen atoms in total. The van der Waals surface area contributed by atoms with Crippen LogP contribution in [0.5, 0.6) is 0 Å². The van der Waals surface area contributed by atoms with Crippen molar-refractivity contribution in [2.45, 2.75) is 12.8 Å². The molecular formula is C12H14N4O2. The number of hydrogen-bond acceptors (Lipinski definition) is 6. The lowest BCUT2D eigenvalue weighted by molar-refractivity contribution is 0.166. The highest BCUT2D eigenvalue weighted by atomic mass is 16.3. The minimum Gasteiger partial charge on any atom is -0.494 e. The maximum absolute atomic E-state index is 9.76. The number of nitrogens with zero attached hydrogens (tertiary/aromatic N) is 3. The van der Waals surface area contributed by atoms with E-state index in [1.54, 1.807) is 0 Å². The molecule has 0 aliphatic carbocycles. The van der Waals surface area contributed by atoms with Crippen molar-refractivity contribution in [1.82, 2.24) is 10.2 Å². The van der Waals surface area contributed by atoms with Crippen LogP contribution < -0.4 is 5.32 Å². The number of likely N-dealkylation sites (tertiary alicyclic amines) is 1. The molecule has 2 heterocycles. The number of rotatable bonds is 0. The van der Waals surface area contributed by atoms with Crippen LogP contribution in [-0.2, 0) is 0 Å². The SMILES string of the molecule is CN1CCC2(CC1)C(C#N)=C(O)NC(O)=C2C#N. The summed E-state index contributed by atoms with van der Waals surface area (Å²) in [6.07, 6.45) is 1.07. The molecule has 1 fully saturated rings. The van der Waals surface area contributed by atoms with Gasteiger partial charge in [-0.1, -0.05) is 0 Å². The van der Waals surface area contributed by atoms with Gasteiger partial charge in [0.2, 0.25) is 11.8 Å².